The largest absolute Gasteiger partial charge is 0.489 e. The molecule has 7 nitrogen and oxygen atoms in total. The zero-order chi connectivity index (χ0) is 24.7. The third-order valence-electron chi connectivity index (χ3n) is 4.55. The number of non-ortho nitro benzene ring substituents is 1. The first-order valence-corrected chi connectivity index (χ1v) is 9.73. The number of benzene rings is 3. The molecule has 0 fully saturated rings. The number of carbonyl (C=O) groups is 1. The summed E-state index contributed by atoms with van der Waals surface area (Å²) in [5, 5.41) is 22.2. The van der Waals surface area contributed by atoms with Crippen molar-refractivity contribution >= 4 is 23.4 Å². The van der Waals surface area contributed by atoms with Crippen LogP contribution in [0.4, 0.5) is 24.5 Å². The number of anilines is 1. The highest BCUT2D eigenvalue weighted by atomic mass is 19.4. The average Bonchev–Trinajstić information content (AvgIpc) is 2.81. The number of rotatable bonds is 7. The second kappa shape index (κ2) is 10.3. The van der Waals surface area contributed by atoms with Crippen molar-refractivity contribution in [2.45, 2.75) is 12.8 Å². The second-order valence-electron chi connectivity index (χ2n) is 6.96. The van der Waals surface area contributed by atoms with E-state index in [0.29, 0.717) is 24.0 Å². The van der Waals surface area contributed by atoms with Crippen LogP contribution in [0, 0.1) is 21.4 Å². The van der Waals surface area contributed by atoms with Gasteiger partial charge in [-0.05, 0) is 35.4 Å². The van der Waals surface area contributed by atoms with E-state index in [0.717, 1.165) is 17.7 Å². The number of nitriles is 1. The minimum atomic E-state index is -4.96. The quantitative estimate of drug-likeness (QED) is 0.207. The molecule has 0 unspecified atom stereocenters. The Morgan fingerprint density at radius 3 is 2.47 bits per heavy atom. The lowest BCUT2D eigenvalue weighted by Crippen LogP contribution is -2.18. The lowest BCUT2D eigenvalue weighted by Gasteiger charge is -2.13. The summed E-state index contributed by atoms with van der Waals surface area (Å²) in [6.07, 6.45) is -3.76. The van der Waals surface area contributed by atoms with Gasteiger partial charge in [0.25, 0.3) is 11.6 Å². The number of halogens is 3. The van der Waals surface area contributed by atoms with Crippen molar-refractivity contribution < 1.29 is 27.6 Å². The van der Waals surface area contributed by atoms with E-state index in [1.165, 1.54) is 6.08 Å². The summed E-state index contributed by atoms with van der Waals surface area (Å²) in [6, 6.07) is 19.4. The van der Waals surface area contributed by atoms with Gasteiger partial charge < -0.3 is 10.1 Å². The third kappa shape index (κ3) is 6.20. The minimum absolute atomic E-state index is 0.292. The van der Waals surface area contributed by atoms with E-state index >= 15 is 0 Å². The van der Waals surface area contributed by atoms with Crippen LogP contribution < -0.4 is 10.1 Å². The molecule has 0 aliphatic carbocycles. The maximum absolute atomic E-state index is 13.3. The molecule has 172 valence electrons. The summed E-state index contributed by atoms with van der Waals surface area (Å²) in [4.78, 5) is 22.3. The molecule has 0 aromatic heterocycles. The maximum Gasteiger partial charge on any atom is 0.418 e. The highest BCUT2D eigenvalue weighted by molar-refractivity contribution is 6.10. The third-order valence-corrected chi connectivity index (χ3v) is 4.55. The molecule has 0 heterocycles. The van der Waals surface area contributed by atoms with Crippen molar-refractivity contribution in [3.63, 3.8) is 0 Å². The Kier molecular flexibility index (Phi) is 7.28. The molecule has 3 rings (SSSR count). The Morgan fingerprint density at radius 1 is 1.09 bits per heavy atom. The van der Waals surface area contributed by atoms with E-state index in [1.54, 1.807) is 30.3 Å². The molecule has 0 spiro atoms. The molecule has 1 N–H and O–H groups in total. The van der Waals surface area contributed by atoms with Gasteiger partial charge in [-0.25, -0.2) is 0 Å². The minimum Gasteiger partial charge on any atom is -0.489 e. The van der Waals surface area contributed by atoms with E-state index in [1.807, 2.05) is 35.6 Å². The summed E-state index contributed by atoms with van der Waals surface area (Å²) >= 11 is 0. The van der Waals surface area contributed by atoms with E-state index in [9.17, 15) is 33.3 Å². The van der Waals surface area contributed by atoms with Gasteiger partial charge in [-0.15, -0.1) is 0 Å². The SMILES string of the molecule is N#C/C(=C\c1cccc(OCc2ccccc2)c1)C(=O)Nc1ccc([N+](=O)[O-])cc1C(F)(F)F. The van der Waals surface area contributed by atoms with Crippen molar-refractivity contribution in [2.75, 3.05) is 5.32 Å². The Labute approximate surface area is 191 Å². The lowest BCUT2D eigenvalue weighted by molar-refractivity contribution is -0.385. The number of nitro groups is 1. The van der Waals surface area contributed by atoms with Crippen molar-refractivity contribution in [1.82, 2.24) is 0 Å². The molecule has 0 bridgehead atoms. The Morgan fingerprint density at radius 2 is 1.82 bits per heavy atom. The van der Waals surface area contributed by atoms with Gasteiger partial charge in [0.1, 0.15) is 24.0 Å². The number of nitro benzene ring substituents is 1. The van der Waals surface area contributed by atoms with Crippen molar-refractivity contribution in [2.24, 2.45) is 0 Å². The van der Waals surface area contributed by atoms with E-state index in [-0.39, 0.29) is 0 Å². The number of hydrogen-bond acceptors (Lipinski definition) is 5. The summed E-state index contributed by atoms with van der Waals surface area (Å²) in [5.74, 6) is -0.637. The predicted octanol–water partition coefficient (Wildman–Crippen LogP) is 5.74. The molecule has 0 atom stereocenters. The van der Waals surface area contributed by atoms with Crippen molar-refractivity contribution in [1.29, 1.82) is 5.26 Å². The van der Waals surface area contributed by atoms with Crippen LogP contribution in [0.1, 0.15) is 16.7 Å². The van der Waals surface area contributed by atoms with Gasteiger partial charge in [-0.2, -0.15) is 18.4 Å². The molecule has 3 aromatic rings. The topological polar surface area (TPSA) is 105 Å². The fraction of sp³-hybridized carbons (Fsp3) is 0.0833. The van der Waals surface area contributed by atoms with Crippen LogP contribution in [-0.2, 0) is 17.6 Å². The zero-order valence-electron chi connectivity index (χ0n) is 17.4. The number of hydrogen-bond donors (Lipinski definition) is 1. The van der Waals surface area contributed by atoms with Crippen LogP contribution in [0.3, 0.4) is 0 Å². The standard InChI is InChI=1S/C24H16F3N3O4/c25-24(26,27)21-13-19(30(32)33)9-10-22(21)29-23(31)18(14-28)11-17-7-4-8-20(12-17)34-15-16-5-2-1-3-6-16/h1-13H,15H2,(H,29,31)/b18-11+. The highest BCUT2D eigenvalue weighted by Crippen LogP contribution is 2.37. The molecule has 0 saturated heterocycles. The smallest absolute Gasteiger partial charge is 0.418 e. The summed E-state index contributed by atoms with van der Waals surface area (Å²) in [7, 11) is 0. The van der Waals surface area contributed by atoms with Crippen molar-refractivity contribution in [3.8, 4) is 11.8 Å². The molecule has 1 amide bonds. The Balaban J connectivity index is 1.81. The molecule has 0 aliphatic heterocycles. The maximum atomic E-state index is 13.3. The zero-order valence-corrected chi connectivity index (χ0v) is 17.4. The van der Waals surface area contributed by atoms with Crippen LogP contribution in [0.2, 0.25) is 0 Å². The van der Waals surface area contributed by atoms with Crippen LogP contribution in [-0.4, -0.2) is 10.8 Å². The normalized spacial score (nSPS) is 11.4. The molecular formula is C24H16F3N3O4. The second-order valence-corrected chi connectivity index (χ2v) is 6.96. The number of ether oxygens (including phenoxy) is 1. The fourth-order valence-electron chi connectivity index (χ4n) is 2.93. The predicted molar refractivity (Wildman–Crippen MR) is 118 cm³/mol. The number of nitrogens with one attached hydrogen (secondary N) is 1. The highest BCUT2D eigenvalue weighted by Gasteiger charge is 2.35. The number of nitrogens with zero attached hydrogens (tertiary/aromatic N) is 2. The number of amides is 1. The first kappa shape index (κ1) is 24.0. The van der Waals surface area contributed by atoms with Gasteiger partial charge in [0.15, 0.2) is 0 Å². The average molecular weight is 467 g/mol. The first-order valence-electron chi connectivity index (χ1n) is 9.73. The monoisotopic (exact) mass is 467 g/mol. The summed E-state index contributed by atoms with van der Waals surface area (Å²) in [6.45, 7) is 0.292. The summed E-state index contributed by atoms with van der Waals surface area (Å²) in [5.41, 5.74) is -2.01. The molecule has 0 radical (unpaired) electrons. The molecule has 10 heteroatoms. The molecular weight excluding hydrogens is 451 g/mol. The van der Waals surface area contributed by atoms with Gasteiger partial charge in [-0.3, -0.25) is 14.9 Å². The lowest BCUT2D eigenvalue weighted by atomic mass is 10.1. The first-order chi connectivity index (χ1) is 16.2. The molecule has 0 aliphatic rings. The Bertz CT molecular complexity index is 1280. The molecule has 34 heavy (non-hydrogen) atoms. The van der Waals surface area contributed by atoms with Crippen LogP contribution in [0.15, 0.2) is 78.4 Å². The molecule has 3 aromatic carbocycles. The van der Waals surface area contributed by atoms with Gasteiger partial charge in [0.2, 0.25) is 0 Å². The number of alkyl halides is 3. The van der Waals surface area contributed by atoms with Crippen LogP contribution in [0.5, 0.6) is 5.75 Å². The summed E-state index contributed by atoms with van der Waals surface area (Å²) < 4.78 is 45.7. The Hall–Kier alpha value is -4.65. The van der Waals surface area contributed by atoms with Crippen LogP contribution >= 0.6 is 0 Å². The van der Waals surface area contributed by atoms with E-state index in [4.69, 9.17) is 4.74 Å². The number of carbonyl (C=O) groups excluding carboxylic acids is 1. The molecule has 0 saturated carbocycles. The van der Waals surface area contributed by atoms with Gasteiger partial charge >= 0.3 is 6.18 Å². The van der Waals surface area contributed by atoms with Crippen LogP contribution in [0.25, 0.3) is 6.08 Å². The van der Waals surface area contributed by atoms with Gasteiger partial charge in [0.05, 0.1) is 16.2 Å². The fourth-order valence-corrected chi connectivity index (χ4v) is 2.93. The van der Waals surface area contributed by atoms with E-state index in [2.05, 4.69) is 0 Å². The van der Waals surface area contributed by atoms with E-state index < -0.39 is 39.5 Å². The van der Waals surface area contributed by atoms with Gasteiger partial charge in [-0.1, -0.05) is 42.5 Å². The van der Waals surface area contributed by atoms with Crippen molar-refractivity contribution in [3.05, 3.63) is 105 Å². The van der Waals surface area contributed by atoms with Gasteiger partial charge in [0, 0.05) is 12.1 Å².